The number of benzene rings is 2. The number of carbonyl (C=O) groups is 2. The molecule has 0 radical (unpaired) electrons. The van der Waals surface area contributed by atoms with Gasteiger partial charge in [-0.3, -0.25) is 14.8 Å². The van der Waals surface area contributed by atoms with Crippen LogP contribution in [0.1, 0.15) is 39.9 Å². The molecule has 0 aromatic heterocycles. The standard InChI is InChI=1S/C22H22F2N2O4/c23-21(24)30-18-4-2-1-3-17(18)13-26(29)19(27)15-5-6-16-12-22(8-7-14(16)11-15)9-10-25-20(22)28/h1-6,11,21,29H,7-10,12-13H2,(H,25,28)/t22-/m0/s1. The molecule has 1 heterocycles. The third-order valence-electron chi connectivity index (χ3n) is 5.97. The summed E-state index contributed by atoms with van der Waals surface area (Å²) in [5.41, 5.74) is 2.24. The second kappa shape index (κ2) is 8.02. The van der Waals surface area contributed by atoms with E-state index >= 15 is 0 Å². The van der Waals surface area contributed by atoms with Crippen LogP contribution in [0.3, 0.4) is 0 Å². The fraction of sp³-hybridized carbons (Fsp3) is 0.364. The number of nitrogens with zero attached hydrogens (tertiary/aromatic N) is 1. The Morgan fingerprint density at radius 3 is 2.73 bits per heavy atom. The molecular formula is C22H22F2N2O4. The lowest BCUT2D eigenvalue weighted by atomic mass is 9.70. The topological polar surface area (TPSA) is 78.9 Å². The Morgan fingerprint density at radius 1 is 1.20 bits per heavy atom. The van der Waals surface area contributed by atoms with Crippen molar-refractivity contribution >= 4 is 11.8 Å². The van der Waals surface area contributed by atoms with E-state index in [1.54, 1.807) is 18.2 Å². The number of ether oxygens (including phenoxy) is 1. The Morgan fingerprint density at radius 2 is 2.00 bits per heavy atom. The number of nitrogens with one attached hydrogen (secondary N) is 1. The average Bonchev–Trinajstić information content (AvgIpc) is 3.07. The van der Waals surface area contributed by atoms with E-state index < -0.39 is 12.5 Å². The molecule has 2 N–H and O–H groups in total. The van der Waals surface area contributed by atoms with Crippen molar-refractivity contribution in [3.05, 3.63) is 64.7 Å². The van der Waals surface area contributed by atoms with Gasteiger partial charge in [-0.25, -0.2) is 5.06 Å². The molecule has 0 bridgehead atoms. The first-order chi connectivity index (χ1) is 14.4. The first-order valence-electron chi connectivity index (χ1n) is 9.81. The molecule has 1 atom stereocenters. The van der Waals surface area contributed by atoms with Gasteiger partial charge in [-0.2, -0.15) is 8.78 Å². The molecule has 0 saturated carbocycles. The van der Waals surface area contributed by atoms with Crippen LogP contribution in [-0.2, 0) is 24.2 Å². The molecule has 1 aliphatic carbocycles. The van der Waals surface area contributed by atoms with Crippen molar-refractivity contribution in [3.63, 3.8) is 0 Å². The molecule has 8 heteroatoms. The monoisotopic (exact) mass is 416 g/mol. The van der Waals surface area contributed by atoms with Gasteiger partial charge in [0.2, 0.25) is 5.91 Å². The largest absolute Gasteiger partial charge is 0.434 e. The average molecular weight is 416 g/mol. The van der Waals surface area contributed by atoms with Crippen molar-refractivity contribution in [1.82, 2.24) is 10.4 Å². The number of halogens is 2. The summed E-state index contributed by atoms with van der Waals surface area (Å²) in [7, 11) is 0. The van der Waals surface area contributed by atoms with Crippen molar-refractivity contribution in [1.29, 1.82) is 0 Å². The molecule has 2 aromatic carbocycles. The maximum atomic E-state index is 12.7. The number of hydrogen-bond acceptors (Lipinski definition) is 4. The second-order valence-electron chi connectivity index (χ2n) is 7.80. The summed E-state index contributed by atoms with van der Waals surface area (Å²) in [6.45, 7) is -2.59. The van der Waals surface area contributed by atoms with E-state index in [-0.39, 0.29) is 29.2 Å². The third kappa shape index (κ3) is 3.87. The number of rotatable bonds is 5. The van der Waals surface area contributed by atoms with Gasteiger partial charge in [0, 0.05) is 17.7 Å². The van der Waals surface area contributed by atoms with E-state index in [1.807, 2.05) is 6.07 Å². The van der Waals surface area contributed by atoms with Crippen molar-refractivity contribution < 1.29 is 28.3 Å². The van der Waals surface area contributed by atoms with Gasteiger partial charge in [0.1, 0.15) is 5.75 Å². The smallest absolute Gasteiger partial charge is 0.387 e. The van der Waals surface area contributed by atoms with Crippen molar-refractivity contribution in [2.24, 2.45) is 5.41 Å². The van der Waals surface area contributed by atoms with Crippen LogP contribution in [0.25, 0.3) is 0 Å². The molecule has 2 aromatic rings. The van der Waals surface area contributed by atoms with Crippen LogP contribution in [0.2, 0.25) is 0 Å². The first-order valence-corrected chi connectivity index (χ1v) is 9.81. The first kappa shape index (κ1) is 20.3. The number of aryl methyl sites for hydroxylation is 1. The molecule has 30 heavy (non-hydrogen) atoms. The number of hydroxylamine groups is 2. The van der Waals surface area contributed by atoms with Gasteiger partial charge >= 0.3 is 6.61 Å². The molecular weight excluding hydrogens is 394 g/mol. The number of fused-ring (bicyclic) bond motifs is 1. The minimum absolute atomic E-state index is 0.0927. The Bertz CT molecular complexity index is 981. The summed E-state index contributed by atoms with van der Waals surface area (Å²) in [5.74, 6) is -0.631. The lowest BCUT2D eigenvalue weighted by molar-refractivity contribution is -0.128. The number of alkyl halides is 2. The zero-order chi connectivity index (χ0) is 21.3. The number of amides is 2. The highest BCUT2D eigenvalue weighted by molar-refractivity contribution is 5.94. The number of carbonyl (C=O) groups excluding carboxylic acids is 2. The van der Waals surface area contributed by atoms with Gasteiger partial charge in [-0.15, -0.1) is 0 Å². The number of hydrogen-bond donors (Lipinski definition) is 2. The normalized spacial score (nSPS) is 20.2. The van der Waals surface area contributed by atoms with Crippen LogP contribution < -0.4 is 10.1 Å². The van der Waals surface area contributed by atoms with E-state index in [4.69, 9.17) is 0 Å². The predicted octanol–water partition coefficient (Wildman–Crippen LogP) is 3.31. The zero-order valence-corrected chi connectivity index (χ0v) is 16.2. The summed E-state index contributed by atoms with van der Waals surface area (Å²) < 4.78 is 29.6. The van der Waals surface area contributed by atoms with Crippen LogP contribution in [0.4, 0.5) is 8.78 Å². The molecule has 1 aliphatic heterocycles. The molecule has 1 fully saturated rings. The highest BCUT2D eigenvalue weighted by Crippen LogP contribution is 2.41. The van der Waals surface area contributed by atoms with E-state index in [9.17, 15) is 23.6 Å². The van der Waals surface area contributed by atoms with E-state index in [0.717, 1.165) is 24.0 Å². The van der Waals surface area contributed by atoms with Gasteiger partial charge in [0.05, 0.1) is 12.0 Å². The maximum absolute atomic E-state index is 12.7. The Labute approximate surface area is 172 Å². The molecule has 4 rings (SSSR count). The predicted molar refractivity (Wildman–Crippen MR) is 103 cm³/mol. The van der Waals surface area contributed by atoms with Crippen LogP contribution in [0, 0.1) is 5.41 Å². The van der Waals surface area contributed by atoms with Crippen LogP contribution in [-0.4, -0.2) is 35.2 Å². The molecule has 6 nitrogen and oxygen atoms in total. The van der Waals surface area contributed by atoms with Crippen molar-refractivity contribution in [2.75, 3.05) is 6.54 Å². The lowest BCUT2D eigenvalue weighted by Crippen LogP contribution is -2.36. The van der Waals surface area contributed by atoms with Crippen LogP contribution in [0.5, 0.6) is 5.75 Å². The van der Waals surface area contributed by atoms with Gasteiger partial charge in [-0.1, -0.05) is 24.3 Å². The highest BCUT2D eigenvalue weighted by atomic mass is 19.3. The van der Waals surface area contributed by atoms with Gasteiger partial charge < -0.3 is 10.1 Å². The van der Waals surface area contributed by atoms with E-state index in [0.29, 0.717) is 30.0 Å². The second-order valence-corrected chi connectivity index (χ2v) is 7.80. The molecule has 2 amide bonds. The van der Waals surface area contributed by atoms with Crippen LogP contribution in [0.15, 0.2) is 42.5 Å². The van der Waals surface area contributed by atoms with Crippen molar-refractivity contribution in [2.45, 2.75) is 38.8 Å². The summed E-state index contributed by atoms with van der Waals surface area (Å²) in [5, 5.41) is 13.7. The molecule has 1 saturated heterocycles. The molecule has 2 aliphatic rings. The number of para-hydroxylation sites is 1. The van der Waals surface area contributed by atoms with Crippen molar-refractivity contribution in [3.8, 4) is 5.75 Å². The van der Waals surface area contributed by atoms with Gasteiger partial charge in [0.25, 0.3) is 5.91 Å². The summed E-state index contributed by atoms with van der Waals surface area (Å²) in [6.07, 6.45) is 2.87. The minimum atomic E-state index is -3.00. The SMILES string of the molecule is O=C(c1ccc2c(c1)CC[C@]1(CCNC1=O)C2)N(O)Cc1ccccc1OC(F)F. The summed E-state index contributed by atoms with van der Waals surface area (Å²) in [4.78, 5) is 24.9. The molecule has 1 spiro atoms. The Balaban J connectivity index is 1.49. The van der Waals surface area contributed by atoms with Crippen LogP contribution >= 0.6 is 0 Å². The lowest BCUT2D eigenvalue weighted by Gasteiger charge is -2.32. The molecule has 0 unspecified atom stereocenters. The quantitative estimate of drug-likeness (QED) is 0.579. The minimum Gasteiger partial charge on any atom is -0.434 e. The van der Waals surface area contributed by atoms with Gasteiger partial charge in [0.15, 0.2) is 0 Å². The third-order valence-corrected chi connectivity index (χ3v) is 5.97. The Kier molecular flexibility index (Phi) is 5.42. The zero-order valence-electron chi connectivity index (χ0n) is 16.2. The summed E-state index contributed by atoms with van der Waals surface area (Å²) in [6, 6.07) is 11.2. The van der Waals surface area contributed by atoms with Gasteiger partial charge in [-0.05, 0) is 55.0 Å². The maximum Gasteiger partial charge on any atom is 0.387 e. The highest BCUT2D eigenvalue weighted by Gasteiger charge is 2.44. The fourth-order valence-corrected chi connectivity index (χ4v) is 4.34. The van der Waals surface area contributed by atoms with E-state index in [2.05, 4.69) is 10.1 Å². The summed E-state index contributed by atoms with van der Waals surface area (Å²) >= 11 is 0. The van der Waals surface area contributed by atoms with E-state index in [1.165, 1.54) is 18.2 Å². The Hall–Kier alpha value is -3.00. The fourth-order valence-electron chi connectivity index (χ4n) is 4.34. The molecule has 158 valence electrons.